The Hall–Kier alpha value is -1.51. The number of methoxy groups -OCH3 is 1. The van der Waals surface area contributed by atoms with Gasteiger partial charge >= 0.3 is 0 Å². The fourth-order valence-corrected chi connectivity index (χ4v) is 3.45. The number of aryl methyl sites for hydroxylation is 1. The van der Waals surface area contributed by atoms with Crippen LogP contribution >= 0.6 is 24.0 Å². The van der Waals surface area contributed by atoms with E-state index in [0.717, 1.165) is 62.7 Å². The van der Waals surface area contributed by atoms with Crippen LogP contribution in [0.1, 0.15) is 37.3 Å². The van der Waals surface area contributed by atoms with Crippen molar-refractivity contribution in [2.24, 2.45) is 10.9 Å². The molecule has 1 aliphatic heterocycles. The first-order valence-electron chi connectivity index (χ1n) is 9.94. The number of rotatable bonds is 7. The summed E-state index contributed by atoms with van der Waals surface area (Å²) in [7, 11) is 3.42. The normalized spacial score (nSPS) is 15.0. The molecule has 1 saturated heterocycles. The van der Waals surface area contributed by atoms with Crippen LogP contribution in [0.5, 0.6) is 5.75 Å². The number of nitrogens with zero attached hydrogens (tertiary/aromatic N) is 2. The van der Waals surface area contributed by atoms with Gasteiger partial charge in [0.2, 0.25) is 5.91 Å². The summed E-state index contributed by atoms with van der Waals surface area (Å²) in [5, 5.41) is 6.13. The monoisotopic (exact) mass is 502 g/mol. The molecule has 1 aromatic rings. The average Bonchev–Trinajstić information content (AvgIpc) is 2.69. The number of carbonyl (C=O) groups is 1. The quantitative estimate of drug-likeness (QED) is 0.342. The first-order valence-corrected chi connectivity index (χ1v) is 9.94. The van der Waals surface area contributed by atoms with Gasteiger partial charge in [-0.3, -0.25) is 9.79 Å². The number of guanidine groups is 1. The van der Waals surface area contributed by atoms with E-state index in [1.807, 2.05) is 0 Å². The standard InChI is InChI=1S/C21H34N4O2.HI/c1-5-23-21(25-12-9-18(10-13-25)15-20(26)22-3)24-11-8-17-7-6-16(2)19(14-17)27-4;/h6-7,14,18H,5,8-13,15H2,1-4H3,(H,22,26)(H,23,24);1H. The maximum absolute atomic E-state index is 11.6. The minimum absolute atomic E-state index is 0. The molecular formula is C21H35IN4O2. The molecule has 0 aliphatic carbocycles. The molecule has 0 saturated carbocycles. The van der Waals surface area contributed by atoms with E-state index in [0.29, 0.717) is 12.3 Å². The SMILES string of the molecule is CCNC(=NCCc1ccc(C)c(OC)c1)N1CCC(CC(=O)NC)CC1.I. The van der Waals surface area contributed by atoms with E-state index in [9.17, 15) is 4.79 Å². The molecule has 0 atom stereocenters. The van der Waals surface area contributed by atoms with Gasteiger partial charge in [0.25, 0.3) is 0 Å². The average molecular weight is 502 g/mol. The van der Waals surface area contributed by atoms with Crippen LogP contribution < -0.4 is 15.4 Å². The zero-order chi connectivity index (χ0) is 19.6. The fraction of sp³-hybridized carbons (Fsp3) is 0.619. The Kier molecular flexibility index (Phi) is 11.3. The second-order valence-electron chi connectivity index (χ2n) is 7.10. The Balaban J connectivity index is 0.00000392. The minimum atomic E-state index is 0. The van der Waals surface area contributed by atoms with Crippen LogP contribution in [0.3, 0.4) is 0 Å². The molecule has 0 aromatic heterocycles. The molecule has 1 aliphatic rings. The van der Waals surface area contributed by atoms with E-state index in [-0.39, 0.29) is 29.9 Å². The van der Waals surface area contributed by atoms with E-state index >= 15 is 0 Å². The largest absolute Gasteiger partial charge is 0.496 e. The van der Waals surface area contributed by atoms with Gasteiger partial charge in [0.05, 0.1) is 7.11 Å². The Morgan fingerprint density at radius 3 is 2.64 bits per heavy atom. The van der Waals surface area contributed by atoms with Crippen molar-refractivity contribution in [2.75, 3.05) is 40.3 Å². The molecule has 7 heteroatoms. The van der Waals surface area contributed by atoms with Crippen molar-refractivity contribution in [2.45, 2.75) is 39.5 Å². The van der Waals surface area contributed by atoms with Gasteiger partial charge in [0.15, 0.2) is 5.96 Å². The third-order valence-corrected chi connectivity index (χ3v) is 5.14. The molecule has 1 amide bonds. The molecule has 158 valence electrons. The first-order chi connectivity index (χ1) is 13.1. The number of aliphatic imine (C=N–C) groups is 1. The third kappa shape index (κ3) is 7.48. The van der Waals surface area contributed by atoms with Crippen molar-refractivity contribution >= 4 is 35.8 Å². The van der Waals surface area contributed by atoms with Crippen LogP contribution in [-0.2, 0) is 11.2 Å². The lowest BCUT2D eigenvalue weighted by molar-refractivity contribution is -0.121. The highest BCUT2D eigenvalue weighted by molar-refractivity contribution is 14.0. The zero-order valence-corrected chi connectivity index (χ0v) is 19.9. The predicted molar refractivity (Wildman–Crippen MR) is 126 cm³/mol. The molecule has 0 unspecified atom stereocenters. The topological polar surface area (TPSA) is 66.0 Å². The highest BCUT2D eigenvalue weighted by atomic mass is 127. The van der Waals surface area contributed by atoms with E-state index in [4.69, 9.17) is 9.73 Å². The summed E-state index contributed by atoms with van der Waals surface area (Å²) in [6.45, 7) is 7.65. The van der Waals surface area contributed by atoms with E-state index in [1.54, 1.807) is 14.2 Å². The van der Waals surface area contributed by atoms with Gasteiger partial charge in [-0.25, -0.2) is 0 Å². The summed E-state index contributed by atoms with van der Waals surface area (Å²) in [6, 6.07) is 6.34. The van der Waals surface area contributed by atoms with E-state index < -0.39 is 0 Å². The molecule has 2 rings (SSSR count). The number of amides is 1. The minimum Gasteiger partial charge on any atom is -0.496 e. The fourth-order valence-electron chi connectivity index (χ4n) is 3.45. The van der Waals surface area contributed by atoms with Crippen LogP contribution in [-0.4, -0.2) is 57.1 Å². The number of carbonyl (C=O) groups excluding carboxylic acids is 1. The Morgan fingerprint density at radius 1 is 1.32 bits per heavy atom. The zero-order valence-electron chi connectivity index (χ0n) is 17.6. The van der Waals surface area contributed by atoms with Gasteiger partial charge < -0.3 is 20.3 Å². The number of halogens is 1. The number of ether oxygens (including phenoxy) is 1. The predicted octanol–water partition coefficient (Wildman–Crippen LogP) is 2.98. The first kappa shape index (κ1) is 24.5. The van der Waals surface area contributed by atoms with Gasteiger partial charge in [-0.15, -0.1) is 24.0 Å². The van der Waals surface area contributed by atoms with E-state index in [2.05, 4.69) is 47.6 Å². The molecule has 2 N–H and O–H groups in total. The summed E-state index contributed by atoms with van der Waals surface area (Å²) in [6.07, 6.45) is 3.59. The molecule has 0 bridgehead atoms. The summed E-state index contributed by atoms with van der Waals surface area (Å²) in [4.78, 5) is 18.7. The van der Waals surface area contributed by atoms with Gasteiger partial charge in [-0.1, -0.05) is 12.1 Å². The van der Waals surface area contributed by atoms with Crippen molar-refractivity contribution in [3.05, 3.63) is 29.3 Å². The molecule has 1 aromatic carbocycles. The van der Waals surface area contributed by atoms with Crippen molar-refractivity contribution in [1.82, 2.24) is 15.5 Å². The third-order valence-electron chi connectivity index (χ3n) is 5.14. The number of likely N-dealkylation sites (tertiary alicyclic amines) is 1. The van der Waals surface area contributed by atoms with Gasteiger partial charge in [0.1, 0.15) is 5.75 Å². The van der Waals surface area contributed by atoms with Gasteiger partial charge in [-0.2, -0.15) is 0 Å². The van der Waals surface area contributed by atoms with Crippen molar-refractivity contribution in [1.29, 1.82) is 0 Å². The van der Waals surface area contributed by atoms with Gasteiger partial charge in [-0.05, 0) is 56.2 Å². The van der Waals surface area contributed by atoms with Crippen molar-refractivity contribution in [3.63, 3.8) is 0 Å². The van der Waals surface area contributed by atoms with Crippen LogP contribution in [0.2, 0.25) is 0 Å². The lowest BCUT2D eigenvalue weighted by Crippen LogP contribution is -2.46. The Morgan fingerprint density at radius 2 is 2.04 bits per heavy atom. The number of hydrogen-bond acceptors (Lipinski definition) is 3. The molecular weight excluding hydrogens is 467 g/mol. The summed E-state index contributed by atoms with van der Waals surface area (Å²) >= 11 is 0. The summed E-state index contributed by atoms with van der Waals surface area (Å²) in [5.41, 5.74) is 2.39. The number of piperidine rings is 1. The van der Waals surface area contributed by atoms with Crippen LogP contribution in [0.15, 0.2) is 23.2 Å². The molecule has 1 heterocycles. The Labute approximate surface area is 186 Å². The highest BCUT2D eigenvalue weighted by Gasteiger charge is 2.22. The maximum atomic E-state index is 11.6. The lowest BCUT2D eigenvalue weighted by Gasteiger charge is -2.34. The van der Waals surface area contributed by atoms with E-state index in [1.165, 1.54) is 5.56 Å². The van der Waals surface area contributed by atoms with Crippen LogP contribution in [0, 0.1) is 12.8 Å². The number of nitrogens with one attached hydrogen (secondary N) is 2. The van der Waals surface area contributed by atoms with Gasteiger partial charge in [0, 0.05) is 39.6 Å². The summed E-state index contributed by atoms with van der Waals surface area (Å²) in [5.74, 6) is 2.53. The van der Waals surface area contributed by atoms with Crippen LogP contribution in [0.25, 0.3) is 0 Å². The number of benzene rings is 1. The molecule has 0 radical (unpaired) electrons. The molecule has 6 nitrogen and oxygen atoms in total. The molecule has 28 heavy (non-hydrogen) atoms. The lowest BCUT2D eigenvalue weighted by atomic mass is 9.93. The highest BCUT2D eigenvalue weighted by Crippen LogP contribution is 2.21. The van der Waals surface area contributed by atoms with Crippen molar-refractivity contribution in [3.8, 4) is 5.75 Å². The number of hydrogen-bond donors (Lipinski definition) is 2. The van der Waals surface area contributed by atoms with Crippen LogP contribution in [0.4, 0.5) is 0 Å². The second-order valence-corrected chi connectivity index (χ2v) is 7.10. The molecule has 0 spiro atoms. The Bertz CT molecular complexity index is 643. The summed E-state index contributed by atoms with van der Waals surface area (Å²) < 4.78 is 5.41. The molecule has 1 fully saturated rings. The van der Waals surface area contributed by atoms with Crippen molar-refractivity contribution < 1.29 is 9.53 Å². The maximum Gasteiger partial charge on any atom is 0.220 e. The smallest absolute Gasteiger partial charge is 0.220 e. The second kappa shape index (κ2) is 12.9.